The maximum absolute atomic E-state index is 12.4. The van der Waals surface area contributed by atoms with E-state index in [1.807, 2.05) is 24.3 Å². The Labute approximate surface area is 118 Å². The summed E-state index contributed by atoms with van der Waals surface area (Å²) in [5, 5.41) is 1.03. The van der Waals surface area contributed by atoms with E-state index in [9.17, 15) is 13.2 Å². The van der Waals surface area contributed by atoms with Crippen molar-refractivity contribution in [3.8, 4) is 0 Å². The van der Waals surface area contributed by atoms with E-state index in [1.54, 1.807) is 18.2 Å². The zero-order chi connectivity index (χ0) is 14.8. The van der Waals surface area contributed by atoms with Crippen molar-refractivity contribution in [2.45, 2.75) is 23.5 Å². The zero-order valence-electron chi connectivity index (χ0n) is 11.4. The summed E-state index contributed by atoms with van der Waals surface area (Å²) in [7, 11) is -2.29. The van der Waals surface area contributed by atoms with Crippen LogP contribution in [0.25, 0.3) is 10.8 Å². The minimum Gasteiger partial charge on any atom is -0.469 e. The number of hydrogen-bond acceptors (Lipinski definition) is 4. The number of carbonyl (C=O) groups is 1. The molecule has 2 aromatic rings. The topological polar surface area (TPSA) is 60.4 Å². The molecule has 1 unspecified atom stereocenters. The standard InChI is InChI=1S/C15H16O4S/c1-11(9-15(16)19-2)20(17,18)14-8-7-12-5-3-4-6-13(12)10-14/h3-8,10-11H,9H2,1-2H3. The van der Waals surface area contributed by atoms with Gasteiger partial charge in [-0.25, -0.2) is 8.42 Å². The van der Waals surface area contributed by atoms with Gasteiger partial charge in [-0.15, -0.1) is 0 Å². The lowest BCUT2D eigenvalue weighted by Crippen LogP contribution is -2.22. The van der Waals surface area contributed by atoms with Crippen molar-refractivity contribution >= 4 is 26.6 Å². The van der Waals surface area contributed by atoms with E-state index in [0.29, 0.717) is 0 Å². The number of rotatable bonds is 4. The van der Waals surface area contributed by atoms with Gasteiger partial charge in [0.15, 0.2) is 9.84 Å². The van der Waals surface area contributed by atoms with Crippen LogP contribution in [0.1, 0.15) is 13.3 Å². The summed E-state index contributed by atoms with van der Waals surface area (Å²) < 4.78 is 29.4. The Kier molecular flexibility index (Phi) is 4.09. The molecule has 0 aliphatic rings. The summed E-state index contributed by atoms with van der Waals surface area (Å²) in [4.78, 5) is 11.5. The average Bonchev–Trinajstić information content (AvgIpc) is 2.46. The van der Waals surface area contributed by atoms with Crippen LogP contribution in [0, 0.1) is 0 Å². The number of esters is 1. The van der Waals surface area contributed by atoms with E-state index in [2.05, 4.69) is 4.74 Å². The monoisotopic (exact) mass is 292 g/mol. The molecule has 1 atom stereocenters. The summed E-state index contributed by atoms with van der Waals surface area (Å²) in [6.07, 6.45) is -0.147. The second-order valence-electron chi connectivity index (χ2n) is 4.64. The fourth-order valence-electron chi connectivity index (χ4n) is 2.00. The van der Waals surface area contributed by atoms with Gasteiger partial charge in [0, 0.05) is 0 Å². The molecule has 20 heavy (non-hydrogen) atoms. The maximum atomic E-state index is 12.4. The lowest BCUT2D eigenvalue weighted by Gasteiger charge is -2.12. The molecule has 0 aliphatic carbocycles. The second kappa shape index (κ2) is 5.63. The summed E-state index contributed by atoms with van der Waals surface area (Å²) in [6.45, 7) is 1.52. The van der Waals surface area contributed by atoms with Gasteiger partial charge in [-0.1, -0.05) is 30.3 Å². The highest BCUT2D eigenvalue weighted by Crippen LogP contribution is 2.23. The van der Waals surface area contributed by atoms with Crippen LogP contribution in [0.4, 0.5) is 0 Å². The average molecular weight is 292 g/mol. The Hall–Kier alpha value is -1.88. The fraction of sp³-hybridized carbons (Fsp3) is 0.267. The molecule has 0 saturated carbocycles. The molecule has 0 N–H and O–H groups in total. The van der Waals surface area contributed by atoms with Gasteiger partial charge in [0.05, 0.1) is 23.7 Å². The Morgan fingerprint density at radius 2 is 1.80 bits per heavy atom. The number of hydrogen-bond donors (Lipinski definition) is 0. The van der Waals surface area contributed by atoms with Crippen molar-refractivity contribution < 1.29 is 17.9 Å². The van der Waals surface area contributed by atoms with E-state index in [1.165, 1.54) is 14.0 Å². The number of ether oxygens (including phenoxy) is 1. The first kappa shape index (κ1) is 14.5. The van der Waals surface area contributed by atoms with Crippen LogP contribution >= 0.6 is 0 Å². The van der Waals surface area contributed by atoms with Crippen molar-refractivity contribution in [3.63, 3.8) is 0 Å². The SMILES string of the molecule is COC(=O)CC(C)S(=O)(=O)c1ccc2ccccc2c1. The summed E-state index contributed by atoms with van der Waals surface area (Å²) in [5.74, 6) is -0.526. The van der Waals surface area contributed by atoms with Crippen LogP contribution in [0.3, 0.4) is 0 Å². The van der Waals surface area contributed by atoms with Gasteiger partial charge in [-0.05, 0) is 29.8 Å². The Morgan fingerprint density at radius 3 is 2.45 bits per heavy atom. The van der Waals surface area contributed by atoms with Gasteiger partial charge in [0.2, 0.25) is 0 Å². The summed E-state index contributed by atoms with van der Waals surface area (Å²) in [5.41, 5.74) is 0. The van der Waals surface area contributed by atoms with Gasteiger partial charge in [-0.3, -0.25) is 4.79 Å². The molecule has 2 rings (SSSR count). The molecule has 0 amide bonds. The number of fused-ring (bicyclic) bond motifs is 1. The smallest absolute Gasteiger partial charge is 0.306 e. The predicted octanol–water partition coefficient (Wildman–Crippen LogP) is 2.57. The van der Waals surface area contributed by atoms with Gasteiger partial charge in [-0.2, -0.15) is 0 Å². The highest BCUT2D eigenvalue weighted by Gasteiger charge is 2.26. The largest absolute Gasteiger partial charge is 0.469 e. The molecule has 0 aliphatic heterocycles. The van der Waals surface area contributed by atoms with Crippen LogP contribution in [0.15, 0.2) is 47.4 Å². The van der Waals surface area contributed by atoms with Crippen molar-refractivity contribution in [2.24, 2.45) is 0 Å². The molecule has 4 nitrogen and oxygen atoms in total. The van der Waals surface area contributed by atoms with E-state index in [4.69, 9.17) is 0 Å². The van der Waals surface area contributed by atoms with Crippen molar-refractivity contribution in [2.75, 3.05) is 7.11 Å². The van der Waals surface area contributed by atoms with Crippen molar-refractivity contribution in [1.29, 1.82) is 0 Å². The molecule has 0 fully saturated rings. The molecule has 0 heterocycles. The Balaban J connectivity index is 2.38. The van der Waals surface area contributed by atoms with E-state index in [-0.39, 0.29) is 11.3 Å². The molecular formula is C15H16O4S. The molecule has 0 bridgehead atoms. The predicted molar refractivity (Wildman–Crippen MR) is 77.2 cm³/mol. The summed E-state index contributed by atoms with van der Waals surface area (Å²) in [6, 6.07) is 12.5. The van der Waals surface area contributed by atoms with Crippen LogP contribution in [0.5, 0.6) is 0 Å². The van der Waals surface area contributed by atoms with Gasteiger partial charge < -0.3 is 4.74 Å². The third-order valence-electron chi connectivity index (χ3n) is 3.26. The number of sulfone groups is 1. The van der Waals surface area contributed by atoms with Crippen LogP contribution in [-0.2, 0) is 19.4 Å². The number of benzene rings is 2. The molecule has 5 heteroatoms. The molecule has 0 spiro atoms. The molecule has 106 valence electrons. The van der Waals surface area contributed by atoms with Gasteiger partial charge in [0.25, 0.3) is 0 Å². The Bertz CT molecular complexity index is 734. The van der Waals surface area contributed by atoms with Gasteiger partial charge >= 0.3 is 5.97 Å². The second-order valence-corrected chi connectivity index (χ2v) is 7.01. The first-order valence-electron chi connectivity index (χ1n) is 6.24. The normalized spacial score (nSPS) is 13.1. The van der Waals surface area contributed by atoms with Crippen molar-refractivity contribution in [3.05, 3.63) is 42.5 Å². The molecule has 0 aromatic heterocycles. The van der Waals surface area contributed by atoms with Gasteiger partial charge in [0.1, 0.15) is 0 Å². The first-order chi connectivity index (χ1) is 9.45. The lowest BCUT2D eigenvalue weighted by molar-refractivity contribution is -0.140. The third-order valence-corrected chi connectivity index (χ3v) is 5.40. The highest BCUT2D eigenvalue weighted by atomic mass is 32.2. The fourth-order valence-corrected chi connectivity index (χ4v) is 3.37. The highest BCUT2D eigenvalue weighted by molar-refractivity contribution is 7.92. The van der Waals surface area contributed by atoms with Crippen LogP contribution < -0.4 is 0 Å². The zero-order valence-corrected chi connectivity index (χ0v) is 12.2. The molecular weight excluding hydrogens is 276 g/mol. The molecule has 0 saturated heterocycles. The minimum absolute atomic E-state index is 0.147. The quantitative estimate of drug-likeness (QED) is 0.813. The maximum Gasteiger partial charge on any atom is 0.306 e. The van der Waals surface area contributed by atoms with E-state index >= 15 is 0 Å². The number of methoxy groups -OCH3 is 1. The minimum atomic E-state index is -3.54. The third kappa shape index (κ3) is 2.82. The molecule has 0 radical (unpaired) electrons. The number of carbonyl (C=O) groups excluding carboxylic acids is 1. The van der Waals surface area contributed by atoms with Crippen LogP contribution in [0.2, 0.25) is 0 Å². The lowest BCUT2D eigenvalue weighted by atomic mass is 10.1. The van der Waals surface area contributed by atoms with E-state index in [0.717, 1.165) is 10.8 Å². The Morgan fingerprint density at radius 1 is 1.15 bits per heavy atom. The van der Waals surface area contributed by atoms with E-state index < -0.39 is 21.1 Å². The van der Waals surface area contributed by atoms with Crippen LogP contribution in [-0.4, -0.2) is 26.7 Å². The van der Waals surface area contributed by atoms with Crippen molar-refractivity contribution in [1.82, 2.24) is 0 Å². The molecule has 2 aromatic carbocycles. The summed E-state index contributed by atoms with van der Waals surface area (Å²) >= 11 is 0. The first-order valence-corrected chi connectivity index (χ1v) is 7.79.